The Labute approximate surface area is 117 Å². The molecule has 0 bridgehead atoms. The van der Waals surface area contributed by atoms with Gasteiger partial charge in [0, 0.05) is 23.9 Å². The maximum absolute atomic E-state index is 12.6. The fourth-order valence-electron chi connectivity index (χ4n) is 2.30. The van der Waals surface area contributed by atoms with E-state index in [1.807, 2.05) is 4.68 Å². The van der Waals surface area contributed by atoms with Crippen LogP contribution in [0, 0.1) is 0 Å². The lowest BCUT2D eigenvalue weighted by Gasteiger charge is -2.05. The number of nitrogens with one attached hydrogen (secondary N) is 1. The molecule has 110 valence electrons. The van der Waals surface area contributed by atoms with Crippen LogP contribution < -0.4 is 5.56 Å². The molecule has 3 heterocycles. The number of aromatic amines is 1. The van der Waals surface area contributed by atoms with Gasteiger partial charge in [0.15, 0.2) is 5.69 Å². The van der Waals surface area contributed by atoms with Crippen molar-refractivity contribution in [3.05, 3.63) is 45.4 Å². The molecule has 2 aromatic rings. The molecule has 0 fully saturated rings. The number of rotatable bonds is 2. The van der Waals surface area contributed by atoms with Gasteiger partial charge in [0.1, 0.15) is 5.82 Å². The Kier molecular flexibility index (Phi) is 3.15. The van der Waals surface area contributed by atoms with E-state index in [0.717, 1.165) is 30.6 Å². The predicted molar refractivity (Wildman–Crippen MR) is 69.3 cm³/mol. The molecule has 0 radical (unpaired) electrons. The number of hydrogen-bond donors (Lipinski definition) is 1. The molecule has 2 aromatic heterocycles. The third kappa shape index (κ3) is 2.74. The van der Waals surface area contributed by atoms with Crippen LogP contribution in [0.4, 0.5) is 13.2 Å². The van der Waals surface area contributed by atoms with E-state index in [2.05, 4.69) is 15.1 Å². The van der Waals surface area contributed by atoms with Gasteiger partial charge in [-0.3, -0.25) is 9.48 Å². The Bertz CT molecular complexity index is 758. The van der Waals surface area contributed by atoms with E-state index in [0.29, 0.717) is 6.07 Å². The smallest absolute Gasteiger partial charge is 0.307 e. The summed E-state index contributed by atoms with van der Waals surface area (Å²) in [5.41, 5.74) is -0.170. The van der Waals surface area contributed by atoms with E-state index in [1.165, 1.54) is 6.08 Å². The molecule has 1 aliphatic heterocycles. The zero-order valence-electron chi connectivity index (χ0n) is 10.8. The first kappa shape index (κ1) is 13.6. The summed E-state index contributed by atoms with van der Waals surface area (Å²) in [6.07, 6.45) is 1.86. The lowest BCUT2D eigenvalue weighted by Crippen LogP contribution is -2.17. The Morgan fingerprint density at radius 1 is 1.33 bits per heavy atom. The Hall–Kier alpha value is -2.38. The standard InChI is InChI=1S/C13H11F3N4O/c14-13(15,16)10-6-12(21)19-11(18-10)4-3-8-7-17-20-5-1-2-9(8)20/h3-4,6-7H,1-2,5H2,(H,18,19,21)/b4-3+. The molecular formula is C13H11F3N4O. The molecule has 0 saturated carbocycles. The van der Waals surface area contributed by atoms with Crippen molar-refractivity contribution in [3.63, 3.8) is 0 Å². The van der Waals surface area contributed by atoms with E-state index in [9.17, 15) is 18.0 Å². The second kappa shape index (κ2) is 4.87. The molecule has 0 amide bonds. The monoisotopic (exact) mass is 296 g/mol. The zero-order chi connectivity index (χ0) is 15.0. The minimum atomic E-state index is -4.64. The van der Waals surface area contributed by atoms with Crippen LogP contribution in [-0.2, 0) is 19.1 Å². The van der Waals surface area contributed by atoms with Crippen LogP contribution in [0.2, 0.25) is 0 Å². The van der Waals surface area contributed by atoms with Gasteiger partial charge in [0.25, 0.3) is 5.56 Å². The highest BCUT2D eigenvalue weighted by Crippen LogP contribution is 2.26. The van der Waals surface area contributed by atoms with Crippen molar-refractivity contribution in [2.24, 2.45) is 0 Å². The Balaban J connectivity index is 1.92. The minimum Gasteiger partial charge on any atom is -0.307 e. The first-order chi connectivity index (χ1) is 9.93. The van der Waals surface area contributed by atoms with Gasteiger partial charge in [-0.25, -0.2) is 4.98 Å². The van der Waals surface area contributed by atoms with E-state index < -0.39 is 17.4 Å². The number of hydrogen-bond acceptors (Lipinski definition) is 3. The summed E-state index contributed by atoms with van der Waals surface area (Å²) < 4.78 is 39.6. The zero-order valence-corrected chi connectivity index (χ0v) is 10.8. The van der Waals surface area contributed by atoms with E-state index in [4.69, 9.17) is 0 Å². The summed E-state index contributed by atoms with van der Waals surface area (Å²) in [6.45, 7) is 0.849. The number of fused-ring (bicyclic) bond motifs is 1. The first-order valence-corrected chi connectivity index (χ1v) is 6.35. The third-order valence-electron chi connectivity index (χ3n) is 3.24. The highest BCUT2D eigenvalue weighted by atomic mass is 19.4. The lowest BCUT2D eigenvalue weighted by atomic mass is 10.2. The molecule has 1 aliphatic rings. The van der Waals surface area contributed by atoms with Crippen LogP contribution in [-0.4, -0.2) is 19.7 Å². The summed E-state index contributed by atoms with van der Waals surface area (Å²) in [7, 11) is 0. The molecule has 3 rings (SSSR count). The van der Waals surface area contributed by atoms with Gasteiger partial charge in [-0.1, -0.05) is 0 Å². The normalized spacial score (nSPS) is 14.8. The van der Waals surface area contributed by atoms with Gasteiger partial charge < -0.3 is 4.98 Å². The van der Waals surface area contributed by atoms with Gasteiger partial charge in [-0.2, -0.15) is 18.3 Å². The maximum Gasteiger partial charge on any atom is 0.433 e. The molecule has 0 spiro atoms. The average Bonchev–Trinajstić information content (AvgIpc) is 2.97. The van der Waals surface area contributed by atoms with Crippen molar-refractivity contribution in [1.29, 1.82) is 0 Å². The van der Waals surface area contributed by atoms with Gasteiger partial charge in [0.05, 0.1) is 6.20 Å². The molecule has 0 saturated heterocycles. The van der Waals surface area contributed by atoms with Gasteiger partial charge in [0.2, 0.25) is 0 Å². The largest absolute Gasteiger partial charge is 0.433 e. The van der Waals surface area contributed by atoms with Crippen LogP contribution in [0.5, 0.6) is 0 Å². The Morgan fingerprint density at radius 2 is 2.14 bits per heavy atom. The highest BCUT2D eigenvalue weighted by Gasteiger charge is 2.33. The number of aryl methyl sites for hydroxylation is 1. The SMILES string of the molecule is O=c1cc(C(F)(F)F)nc(/C=C/c2cnn3c2CCC3)[nH]1. The van der Waals surface area contributed by atoms with Crippen molar-refractivity contribution in [2.45, 2.75) is 25.6 Å². The number of alkyl halides is 3. The topological polar surface area (TPSA) is 63.6 Å². The molecule has 5 nitrogen and oxygen atoms in total. The van der Waals surface area contributed by atoms with Crippen LogP contribution in [0.15, 0.2) is 17.1 Å². The highest BCUT2D eigenvalue weighted by molar-refractivity contribution is 5.67. The summed E-state index contributed by atoms with van der Waals surface area (Å²) in [4.78, 5) is 16.9. The molecule has 8 heteroatoms. The minimum absolute atomic E-state index is 0.132. The summed E-state index contributed by atoms with van der Waals surface area (Å²) in [5.74, 6) is -0.132. The molecule has 0 aromatic carbocycles. The van der Waals surface area contributed by atoms with Gasteiger partial charge >= 0.3 is 6.18 Å². The summed E-state index contributed by atoms with van der Waals surface area (Å²) in [5, 5.41) is 4.18. The summed E-state index contributed by atoms with van der Waals surface area (Å²) >= 11 is 0. The van der Waals surface area contributed by atoms with Crippen LogP contribution in [0.1, 0.15) is 29.2 Å². The molecule has 1 N–H and O–H groups in total. The molecule has 0 unspecified atom stereocenters. The fourth-order valence-corrected chi connectivity index (χ4v) is 2.30. The molecule has 21 heavy (non-hydrogen) atoms. The van der Waals surface area contributed by atoms with E-state index >= 15 is 0 Å². The van der Waals surface area contributed by atoms with Crippen molar-refractivity contribution in [1.82, 2.24) is 19.7 Å². The lowest BCUT2D eigenvalue weighted by molar-refractivity contribution is -0.141. The van der Waals surface area contributed by atoms with Crippen LogP contribution in [0.3, 0.4) is 0 Å². The maximum atomic E-state index is 12.6. The molecular weight excluding hydrogens is 285 g/mol. The number of nitrogens with zero attached hydrogens (tertiary/aromatic N) is 3. The number of H-pyrrole nitrogens is 1. The van der Waals surface area contributed by atoms with E-state index in [1.54, 1.807) is 12.3 Å². The van der Waals surface area contributed by atoms with Crippen molar-refractivity contribution >= 4 is 12.2 Å². The molecule has 0 atom stereocenters. The van der Waals surface area contributed by atoms with Crippen molar-refractivity contribution in [3.8, 4) is 0 Å². The van der Waals surface area contributed by atoms with Crippen LogP contribution in [0.25, 0.3) is 12.2 Å². The predicted octanol–water partition coefficient (Wildman–Crippen LogP) is 2.10. The summed E-state index contributed by atoms with van der Waals surface area (Å²) in [6, 6.07) is 0.439. The quantitative estimate of drug-likeness (QED) is 0.923. The van der Waals surface area contributed by atoms with Gasteiger partial charge in [-0.15, -0.1) is 0 Å². The van der Waals surface area contributed by atoms with Crippen molar-refractivity contribution in [2.75, 3.05) is 0 Å². The fraction of sp³-hybridized carbons (Fsp3) is 0.308. The average molecular weight is 296 g/mol. The Morgan fingerprint density at radius 3 is 2.90 bits per heavy atom. The van der Waals surface area contributed by atoms with Crippen LogP contribution >= 0.6 is 0 Å². The molecule has 0 aliphatic carbocycles. The van der Waals surface area contributed by atoms with Gasteiger partial charge in [-0.05, 0) is 25.0 Å². The van der Waals surface area contributed by atoms with Crippen molar-refractivity contribution < 1.29 is 13.2 Å². The van der Waals surface area contributed by atoms with E-state index in [-0.39, 0.29) is 5.82 Å². The number of halogens is 3. The second-order valence-electron chi connectivity index (χ2n) is 4.72. The number of aromatic nitrogens is 4. The first-order valence-electron chi connectivity index (χ1n) is 6.35. The second-order valence-corrected chi connectivity index (χ2v) is 4.72. The third-order valence-corrected chi connectivity index (χ3v) is 3.24.